The monoisotopic (exact) mass is 382 g/mol. The number of nitrogens with one attached hydrogen (secondary N) is 1. The number of aromatic nitrogens is 1. The van der Waals surface area contributed by atoms with Crippen LogP contribution >= 0.6 is 0 Å². The molecule has 2 saturated heterocycles. The molecule has 1 aromatic carbocycles. The number of benzene rings is 1. The second-order valence-electron chi connectivity index (χ2n) is 7.19. The van der Waals surface area contributed by atoms with Crippen LogP contribution in [0.25, 0.3) is 0 Å². The predicted molar refractivity (Wildman–Crippen MR) is 106 cm³/mol. The van der Waals surface area contributed by atoms with Crippen LogP contribution in [-0.2, 0) is 0 Å². The fraction of sp³-hybridized carbons (Fsp3) is 0.400. The fourth-order valence-electron chi connectivity index (χ4n) is 3.97. The lowest BCUT2D eigenvalue weighted by molar-refractivity contribution is -0.384. The van der Waals surface area contributed by atoms with Crippen molar-refractivity contribution in [2.45, 2.75) is 12.8 Å². The number of rotatable bonds is 4. The van der Waals surface area contributed by atoms with Gasteiger partial charge in [-0.05, 0) is 18.9 Å². The summed E-state index contributed by atoms with van der Waals surface area (Å²) in [5.41, 5.74) is 2.34. The van der Waals surface area contributed by atoms with Gasteiger partial charge in [-0.1, -0.05) is 0 Å². The number of nitrogens with zero attached hydrogens (tertiary/aromatic N) is 4. The van der Waals surface area contributed by atoms with Crippen LogP contribution in [0.5, 0.6) is 0 Å². The van der Waals surface area contributed by atoms with E-state index in [1.165, 1.54) is 12.1 Å². The molecule has 1 amide bonds. The molecule has 28 heavy (non-hydrogen) atoms. The van der Waals surface area contributed by atoms with Gasteiger partial charge in [-0.25, -0.2) is 4.98 Å². The van der Waals surface area contributed by atoms with E-state index in [4.69, 9.17) is 0 Å². The number of nitro groups is 1. The van der Waals surface area contributed by atoms with Gasteiger partial charge in [0.25, 0.3) is 11.6 Å². The van der Waals surface area contributed by atoms with Gasteiger partial charge in [-0.15, -0.1) is 0 Å². The number of anilines is 2. The van der Waals surface area contributed by atoms with Gasteiger partial charge in [0.2, 0.25) is 0 Å². The Morgan fingerprint density at radius 3 is 2.25 bits per heavy atom. The van der Waals surface area contributed by atoms with Gasteiger partial charge in [-0.2, -0.15) is 0 Å². The average molecular weight is 382 g/mol. The third-order valence-corrected chi connectivity index (χ3v) is 5.50. The molecule has 3 heterocycles. The maximum absolute atomic E-state index is 13.2. The molecule has 2 aliphatic rings. The van der Waals surface area contributed by atoms with Crippen molar-refractivity contribution >= 4 is 23.0 Å². The molecule has 1 aromatic heterocycles. The largest absolute Gasteiger partial charge is 0.371 e. The fourth-order valence-corrected chi connectivity index (χ4v) is 3.97. The molecule has 2 aliphatic heterocycles. The first-order chi connectivity index (χ1) is 13.6. The zero-order chi connectivity index (χ0) is 19.5. The van der Waals surface area contributed by atoms with Crippen LogP contribution in [-0.4, -0.2) is 55.0 Å². The normalized spacial score (nSPS) is 17.1. The highest BCUT2D eigenvalue weighted by Gasteiger charge is 2.28. The number of pyridine rings is 1. The third kappa shape index (κ3) is 3.62. The Hall–Kier alpha value is -3.16. The highest BCUT2D eigenvalue weighted by molar-refractivity contribution is 6.00. The van der Waals surface area contributed by atoms with Crippen LogP contribution in [0.15, 0.2) is 42.7 Å². The topological polar surface area (TPSA) is 84.1 Å². The predicted octanol–water partition coefficient (Wildman–Crippen LogP) is 1.97. The van der Waals surface area contributed by atoms with E-state index in [1.54, 1.807) is 6.07 Å². The van der Waals surface area contributed by atoms with Crippen molar-refractivity contribution in [1.82, 2.24) is 4.90 Å². The van der Waals surface area contributed by atoms with Crippen molar-refractivity contribution in [3.05, 3.63) is 58.4 Å². The Morgan fingerprint density at radius 2 is 1.61 bits per heavy atom. The molecule has 0 atom stereocenters. The Bertz CT molecular complexity index is 859. The van der Waals surface area contributed by atoms with Gasteiger partial charge in [0.1, 0.15) is 0 Å². The average Bonchev–Trinajstić information content (AvgIpc) is 3.28. The molecule has 146 valence electrons. The maximum Gasteiger partial charge on any atom is 0.270 e. The molecule has 1 N–H and O–H groups in total. The summed E-state index contributed by atoms with van der Waals surface area (Å²) in [5.74, 6) is -0.119. The minimum Gasteiger partial charge on any atom is -0.371 e. The molecule has 0 spiro atoms. The molecule has 0 bridgehead atoms. The summed E-state index contributed by atoms with van der Waals surface area (Å²) in [6.45, 7) is 4.44. The molecule has 0 unspecified atom stereocenters. The quantitative estimate of drug-likeness (QED) is 0.596. The number of H-pyrrole nitrogens is 1. The van der Waals surface area contributed by atoms with Crippen LogP contribution < -0.4 is 14.8 Å². The Balaban J connectivity index is 1.54. The number of hydrogen-bond donors (Lipinski definition) is 0. The summed E-state index contributed by atoms with van der Waals surface area (Å²) in [5, 5.41) is 11.2. The number of piperazine rings is 1. The number of non-ortho nitro benzene ring substituents is 1. The zero-order valence-corrected chi connectivity index (χ0v) is 15.7. The lowest BCUT2D eigenvalue weighted by Gasteiger charge is -2.36. The van der Waals surface area contributed by atoms with E-state index >= 15 is 0 Å². The van der Waals surface area contributed by atoms with Crippen molar-refractivity contribution in [2.24, 2.45) is 0 Å². The number of aromatic amines is 1. The molecule has 0 aliphatic carbocycles. The number of hydrogen-bond acceptors (Lipinski definition) is 5. The minimum absolute atomic E-state index is 0.0366. The number of carbonyl (C=O) groups is 1. The number of nitro benzene ring substituents is 1. The van der Waals surface area contributed by atoms with E-state index in [0.29, 0.717) is 18.7 Å². The van der Waals surface area contributed by atoms with E-state index in [2.05, 4.69) is 14.8 Å². The smallest absolute Gasteiger partial charge is 0.270 e. The molecule has 8 heteroatoms. The van der Waals surface area contributed by atoms with Crippen LogP contribution in [0.2, 0.25) is 0 Å². The van der Waals surface area contributed by atoms with Gasteiger partial charge in [0.15, 0.2) is 12.4 Å². The van der Waals surface area contributed by atoms with E-state index in [1.807, 2.05) is 29.4 Å². The molecular weight excluding hydrogens is 358 g/mol. The van der Waals surface area contributed by atoms with E-state index in [-0.39, 0.29) is 11.6 Å². The highest BCUT2D eigenvalue weighted by atomic mass is 16.6. The van der Waals surface area contributed by atoms with Crippen molar-refractivity contribution in [3.63, 3.8) is 0 Å². The summed E-state index contributed by atoms with van der Waals surface area (Å²) in [6.07, 6.45) is 5.94. The molecule has 2 fully saturated rings. The number of carbonyl (C=O) groups excluding carboxylic acids is 1. The van der Waals surface area contributed by atoms with Gasteiger partial charge in [0.05, 0.1) is 16.2 Å². The SMILES string of the molecule is O=C(c1cc([N+](=O)[O-])ccc1N1CCCC1)N1CCN(c2cc[nH+]cc2)CC1. The van der Waals surface area contributed by atoms with E-state index < -0.39 is 4.92 Å². The lowest BCUT2D eigenvalue weighted by Crippen LogP contribution is -2.49. The standard InChI is InChI=1S/C20H23N5O3/c26-20(24-13-11-22(12-14-24)16-5-7-21-8-6-16)18-15-17(25(27)28)3-4-19(18)23-9-1-2-10-23/h3-8,15H,1-2,9-14H2/p+1. The van der Waals surface area contributed by atoms with Crippen molar-refractivity contribution < 1.29 is 14.7 Å². The van der Waals surface area contributed by atoms with Gasteiger partial charge in [0, 0.05) is 69.2 Å². The number of amides is 1. The Morgan fingerprint density at radius 1 is 0.929 bits per heavy atom. The van der Waals surface area contributed by atoms with Crippen molar-refractivity contribution in [3.8, 4) is 0 Å². The Kier molecular flexibility index (Phi) is 5.10. The van der Waals surface area contributed by atoms with Crippen LogP contribution in [0.4, 0.5) is 17.1 Å². The van der Waals surface area contributed by atoms with Crippen molar-refractivity contribution in [2.75, 3.05) is 49.1 Å². The summed E-state index contributed by atoms with van der Waals surface area (Å²) in [7, 11) is 0. The molecule has 4 rings (SSSR count). The first-order valence-corrected chi connectivity index (χ1v) is 9.67. The molecule has 2 aromatic rings. The molecular formula is C20H24N5O3+. The van der Waals surface area contributed by atoms with E-state index in [0.717, 1.165) is 50.4 Å². The van der Waals surface area contributed by atoms with Crippen LogP contribution in [0, 0.1) is 10.1 Å². The summed E-state index contributed by atoms with van der Waals surface area (Å²) >= 11 is 0. The van der Waals surface area contributed by atoms with Gasteiger partial charge >= 0.3 is 0 Å². The second-order valence-corrected chi connectivity index (χ2v) is 7.19. The van der Waals surface area contributed by atoms with Gasteiger partial charge < -0.3 is 14.7 Å². The molecule has 8 nitrogen and oxygen atoms in total. The van der Waals surface area contributed by atoms with Crippen molar-refractivity contribution in [1.29, 1.82) is 0 Å². The summed E-state index contributed by atoms with van der Waals surface area (Å²) in [6, 6.07) is 8.70. The summed E-state index contributed by atoms with van der Waals surface area (Å²) in [4.78, 5) is 33.3. The first-order valence-electron chi connectivity index (χ1n) is 9.67. The summed E-state index contributed by atoms with van der Waals surface area (Å²) < 4.78 is 0. The highest BCUT2D eigenvalue weighted by Crippen LogP contribution is 2.30. The van der Waals surface area contributed by atoms with E-state index in [9.17, 15) is 14.9 Å². The lowest BCUT2D eigenvalue weighted by atomic mass is 10.1. The molecule has 0 radical (unpaired) electrons. The Labute approximate surface area is 163 Å². The first kappa shape index (κ1) is 18.2. The minimum atomic E-state index is -0.436. The van der Waals surface area contributed by atoms with Crippen LogP contribution in [0.3, 0.4) is 0 Å². The maximum atomic E-state index is 13.2. The third-order valence-electron chi connectivity index (χ3n) is 5.50. The van der Waals surface area contributed by atoms with Crippen LogP contribution in [0.1, 0.15) is 23.2 Å². The van der Waals surface area contributed by atoms with Gasteiger partial charge in [-0.3, -0.25) is 14.9 Å². The second kappa shape index (κ2) is 7.84. The molecule has 0 saturated carbocycles. The zero-order valence-electron chi connectivity index (χ0n) is 15.7.